The molecule has 1 amide bonds. The van der Waals surface area contributed by atoms with Crippen LogP contribution in [0.25, 0.3) is 0 Å². The molecule has 2 rings (SSSR count). The first-order valence-electron chi connectivity index (χ1n) is 4.28. The Morgan fingerprint density at radius 3 is 2.94 bits per heavy atom. The number of amides is 1. The molecule has 0 aliphatic rings. The summed E-state index contributed by atoms with van der Waals surface area (Å²) in [6, 6.07) is 3.96. The first-order valence-corrected chi connectivity index (χ1v) is 4.66. The third kappa shape index (κ3) is 2.17. The third-order valence-electron chi connectivity index (χ3n) is 1.81. The van der Waals surface area contributed by atoms with Crippen molar-refractivity contribution in [2.45, 2.75) is 0 Å². The number of carbonyl (C=O) groups is 1. The number of hydrogen-bond donors (Lipinski definition) is 2. The van der Waals surface area contributed by atoms with Crippen molar-refractivity contribution in [3.05, 3.63) is 41.2 Å². The smallest absolute Gasteiger partial charge is 0.292 e. The zero-order valence-electron chi connectivity index (χ0n) is 7.87. The molecule has 0 aliphatic heterocycles. The number of carbonyl (C=O) groups excluding carboxylic acids is 1. The van der Waals surface area contributed by atoms with E-state index in [1.54, 1.807) is 0 Å². The lowest BCUT2D eigenvalue weighted by Gasteiger charge is -2.03. The highest BCUT2D eigenvalue weighted by Gasteiger charge is 2.09. The minimum absolute atomic E-state index is 0.00216. The molecule has 0 saturated heterocycles. The van der Waals surface area contributed by atoms with Crippen LogP contribution in [0.1, 0.15) is 10.6 Å². The summed E-state index contributed by atoms with van der Waals surface area (Å²) in [4.78, 5) is 15.1. The number of hydrogen-bond acceptors (Lipinski definition) is 3. The number of aromatic amines is 1. The van der Waals surface area contributed by atoms with Crippen LogP contribution >= 0.6 is 11.6 Å². The van der Waals surface area contributed by atoms with Gasteiger partial charge in [0, 0.05) is 5.69 Å². The van der Waals surface area contributed by atoms with Crippen molar-refractivity contribution in [2.75, 3.05) is 5.32 Å². The molecule has 0 aliphatic carbocycles. The fraction of sp³-hybridized carbons (Fsp3) is 0. The number of benzene rings is 1. The van der Waals surface area contributed by atoms with Gasteiger partial charge in [0.05, 0.1) is 5.02 Å². The number of H-pyrrole nitrogens is 1. The van der Waals surface area contributed by atoms with Gasteiger partial charge in [0.2, 0.25) is 5.82 Å². The largest absolute Gasteiger partial charge is 0.319 e. The molecule has 7 heteroatoms. The minimum atomic E-state index is -0.600. The Kier molecular flexibility index (Phi) is 2.82. The second kappa shape index (κ2) is 4.28. The van der Waals surface area contributed by atoms with E-state index in [1.165, 1.54) is 18.5 Å². The summed E-state index contributed by atoms with van der Waals surface area (Å²) in [5.74, 6) is -1.05. The van der Waals surface area contributed by atoms with E-state index in [1.807, 2.05) is 0 Å². The van der Waals surface area contributed by atoms with E-state index >= 15 is 0 Å². The Morgan fingerprint density at radius 1 is 1.50 bits per heavy atom. The molecule has 1 aromatic carbocycles. The quantitative estimate of drug-likeness (QED) is 0.842. The van der Waals surface area contributed by atoms with E-state index in [0.717, 1.165) is 6.07 Å². The van der Waals surface area contributed by atoms with Crippen molar-refractivity contribution in [3.8, 4) is 0 Å². The summed E-state index contributed by atoms with van der Waals surface area (Å²) >= 11 is 5.50. The molecule has 16 heavy (non-hydrogen) atoms. The number of halogens is 2. The normalized spacial score (nSPS) is 10.1. The van der Waals surface area contributed by atoms with Crippen LogP contribution in [0, 0.1) is 5.82 Å². The standard InChI is InChI=1S/C9H6ClFN4O/c10-6-2-1-5(3-7(6)11)14-9(16)8-12-4-13-15-8/h1-4H,(H,14,16)(H,12,13,15). The maximum absolute atomic E-state index is 13.1. The number of anilines is 1. The Morgan fingerprint density at radius 2 is 2.31 bits per heavy atom. The van der Waals surface area contributed by atoms with Crippen LogP contribution in [0.15, 0.2) is 24.5 Å². The van der Waals surface area contributed by atoms with Gasteiger partial charge in [-0.15, -0.1) is 0 Å². The molecule has 0 spiro atoms. The van der Waals surface area contributed by atoms with Crippen LogP contribution in [0.5, 0.6) is 0 Å². The van der Waals surface area contributed by atoms with E-state index in [2.05, 4.69) is 20.5 Å². The van der Waals surface area contributed by atoms with E-state index in [-0.39, 0.29) is 10.8 Å². The summed E-state index contributed by atoms with van der Waals surface area (Å²) in [6.45, 7) is 0. The third-order valence-corrected chi connectivity index (χ3v) is 2.11. The van der Waals surface area contributed by atoms with Gasteiger partial charge in [0.1, 0.15) is 12.1 Å². The van der Waals surface area contributed by atoms with Gasteiger partial charge in [-0.25, -0.2) is 9.37 Å². The fourth-order valence-corrected chi connectivity index (χ4v) is 1.20. The van der Waals surface area contributed by atoms with E-state index in [4.69, 9.17) is 11.6 Å². The molecule has 2 N–H and O–H groups in total. The van der Waals surface area contributed by atoms with Gasteiger partial charge in [-0.2, -0.15) is 5.10 Å². The molecule has 1 aromatic heterocycles. The highest BCUT2D eigenvalue weighted by Crippen LogP contribution is 2.18. The summed E-state index contributed by atoms with van der Waals surface area (Å²) < 4.78 is 13.1. The van der Waals surface area contributed by atoms with Crippen LogP contribution in [-0.4, -0.2) is 21.1 Å². The summed E-state index contributed by atoms with van der Waals surface area (Å²) in [6.07, 6.45) is 1.21. The van der Waals surface area contributed by atoms with Crippen molar-refractivity contribution < 1.29 is 9.18 Å². The second-order valence-corrected chi connectivity index (χ2v) is 3.32. The predicted molar refractivity (Wildman–Crippen MR) is 55.7 cm³/mol. The maximum Gasteiger partial charge on any atom is 0.292 e. The van der Waals surface area contributed by atoms with Crippen molar-refractivity contribution in [2.24, 2.45) is 0 Å². The summed E-state index contributed by atoms with van der Waals surface area (Å²) in [7, 11) is 0. The first-order chi connectivity index (χ1) is 7.66. The summed E-state index contributed by atoms with van der Waals surface area (Å²) in [5, 5.41) is 8.35. The monoisotopic (exact) mass is 240 g/mol. The first kappa shape index (κ1) is 10.6. The highest BCUT2D eigenvalue weighted by molar-refractivity contribution is 6.30. The Labute approximate surface area is 94.7 Å². The van der Waals surface area contributed by atoms with Gasteiger partial charge < -0.3 is 5.32 Å². The van der Waals surface area contributed by atoms with E-state index in [0.29, 0.717) is 5.69 Å². The number of nitrogens with one attached hydrogen (secondary N) is 2. The molecule has 1 heterocycles. The fourth-order valence-electron chi connectivity index (χ4n) is 1.08. The lowest BCUT2D eigenvalue weighted by Crippen LogP contribution is -2.13. The molecular weight excluding hydrogens is 235 g/mol. The lowest BCUT2D eigenvalue weighted by atomic mass is 10.3. The zero-order chi connectivity index (χ0) is 11.5. The van der Waals surface area contributed by atoms with Gasteiger partial charge >= 0.3 is 0 Å². The van der Waals surface area contributed by atoms with Gasteiger partial charge in [-0.1, -0.05) is 11.6 Å². The number of nitrogens with zero attached hydrogens (tertiary/aromatic N) is 2. The average molecular weight is 241 g/mol. The highest BCUT2D eigenvalue weighted by atomic mass is 35.5. The molecule has 2 aromatic rings. The Bertz CT molecular complexity index is 514. The van der Waals surface area contributed by atoms with Crippen molar-refractivity contribution >= 4 is 23.2 Å². The topological polar surface area (TPSA) is 70.7 Å². The molecule has 0 bridgehead atoms. The van der Waals surface area contributed by atoms with Crippen LogP contribution in [0.3, 0.4) is 0 Å². The van der Waals surface area contributed by atoms with Crippen LogP contribution in [0.2, 0.25) is 5.02 Å². The van der Waals surface area contributed by atoms with Crippen molar-refractivity contribution in [3.63, 3.8) is 0 Å². The molecule has 0 saturated carbocycles. The minimum Gasteiger partial charge on any atom is -0.319 e. The number of aromatic nitrogens is 3. The zero-order valence-corrected chi connectivity index (χ0v) is 8.62. The maximum atomic E-state index is 13.1. The van der Waals surface area contributed by atoms with Crippen LogP contribution in [0.4, 0.5) is 10.1 Å². The van der Waals surface area contributed by atoms with Gasteiger partial charge in [-0.05, 0) is 18.2 Å². The Balaban J connectivity index is 2.15. The van der Waals surface area contributed by atoms with Crippen molar-refractivity contribution in [1.29, 1.82) is 0 Å². The predicted octanol–water partition coefficient (Wildman–Crippen LogP) is 1.85. The van der Waals surface area contributed by atoms with Crippen LogP contribution in [-0.2, 0) is 0 Å². The number of rotatable bonds is 2. The lowest BCUT2D eigenvalue weighted by molar-refractivity contribution is 0.101. The van der Waals surface area contributed by atoms with Gasteiger partial charge in [-0.3, -0.25) is 9.89 Å². The second-order valence-electron chi connectivity index (χ2n) is 2.92. The molecule has 82 valence electrons. The molecular formula is C9H6ClFN4O. The van der Waals surface area contributed by atoms with E-state index < -0.39 is 11.7 Å². The molecule has 0 radical (unpaired) electrons. The molecule has 0 unspecified atom stereocenters. The van der Waals surface area contributed by atoms with Gasteiger partial charge in [0.25, 0.3) is 5.91 Å². The molecule has 0 fully saturated rings. The average Bonchev–Trinajstić information content (AvgIpc) is 2.77. The summed E-state index contributed by atoms with van der Waals surface area (Å²) in [5.41, 5.74) is 0.295. The Hall–Kier alpha value is -1.95. The SMILES string of the molecule is O=C(Nc1ccc(Cl)c(F)c1)c1ncn[nH]1. The molecule has 0 atom stereocenters. The van der Waals surface area contributed by atoms with E-state index in [9.17, 15) is 9.18 Å². The van der Waals surface area contributed by atoms with Gasteiger partial charge in [0.15, 0.2) is 0 Å². The van der Waals surface area contributed by atoms with Crippen LogP contribution < -0.4 is 5.32 Å². The van der Waals surface area contributed by atoms with Crippen molar-refractivity contribution in [1.82, 2.24) is 15.2 Å². The molecule has 5 nitrogen and oxygen atoms in total.